The summed E-state index contributed by atoms with van der Waals surface area (Å²) in [6.07, 6.45) is 4.95. The predicted molar refractivity (Wildman–Crippen MR) is 144 cm³/mol. The van der Waals surface area contributed by atoms with Gasteiger partial charge in [-0.2, -0.15) is 0 Å². The van der Waals surface area contributed by atoms with E-state index in [4.69, 9.17) is 5.73 Å². The van der Waals surface area contributed by atoms with Crippen LogP contribution >= 0.6 is 0 Å². The molecule has 0 aromatic heterocycles. The van der Waals surface area contributed by atoms with Crippen molar-refractivity contribution < 1.29 is 9.59 Å². The van der Waals surface area contributed by atoms with Crippen molar-refractivity contribution in [3.8, 4) is 0 Å². The summed E-state index contributed by atoms with van der Waals surface area (Å²) in [6.45, 7) is 6.17. The van der Waals surface area contributed by atoms with Crippen molar-refractivity contribution in [3.63, 3.8) is 0 Å². The van der Waals surface area contributed by atoms with Gasteiger partial charge in [-0.3, -0.25) is 14.5 Å². The summed E-state index contributed by atoms with van der Waals surface area (Å²) in [6, 6.07) is 20.3. The number of nitrogens with two attached hydrogens (primary N) is 1. The Morgan fingerprint density at radius 1 is 1.03 bits per heavy atom. The Balaban J connectivity index is 1.46. The van der Waals surface area contributed by atoms with Gasteiger partial charge in [0, 0.05) is 31.7 Å². The number of rotatable bonds is 10. The number of nitrogens with one attached hydrogen (secondary N) is 1. The first-order valence-electron chi connectivity index (χ1n) is 13.6. The summed E-state index contributed by atoms with van der Waals surface area (Å²) in [5.41, 5.74) is 8.88. The standard InChI is InChI=1S/C30H42N4O2/c1-22(2)19-27(29(35)32-17-15-24-11-7-4-8-12-24)33-18-16-26(14-13-23-9-5-3-6-10-23)34-21-25(31)20-28(34)30(33)36/h3-12,22,25-28H,13-21,31H2,1-2H3,(H,32,35)/t25-,26?,27-,28+/m1/s1. The molecule has 3 N–H and O–H groups in total. The quantitative estimate of drug-likeness (QED) is 0.535. The number of benzene rings is 2. The largest absolute Gasteiger partial charge is 0.354 e. The van der Waals surface area contributed by atoms with E-state index in [1.165, 1.54) is 11.1 Å². The van der Waals surface area contributed by atoms with Crippen LogP contribution in [-0.4, -0.2) is 65.4 Å². The third-order valence-electron chi connectivity index (χ3n) is 7.65. The van der Waals surface area contributed by atoms with Crippen LogP contribution in [0.1, 0.15) is 50.7 Å². The molecule has 194 valence electrons. The minimum Gasteiger partial charge on any atom is -0.354 e. The van der Waals surface area contributed by atoms with Gasteiger partial charge in [0.15, 0.2) is 0 Å². The zero-order chi connectivity index (χ0) is 25.5. The summed E-state index contributed by atoms with van der Waals surface area (Å²) in [5.74, 6) is 0.348. The van der Waals surface area contributed by atoms with Gasteiger partial charge in [-0.1, -0.05) is 74.5 Å². The summed E-state index contributed by atoms with van der Waals surface area (Å²) >= 11 is 0. The molecule has 2 fully saturated rings. The lowest BCUT2D eigenvalue weighted by molar-refractivity contribution is -0.143. The molecule has 2 aromatic rings. The highest BCUT2D eigenvalue weighted by Crippen LogP contribution is 2.30. The average Bonchev–Trinajstić information content (AvgIpc) is 3.22. The molecule has 4 rings (SSSR count). The Bertz CT molecular complexity index is 981. The van der Waals surface area contributed by atoms with E-state index in [2.05, 4.69) is 60.5 Å². The molecule has 2 aromatic carbocycles. The number of carbonyl (C=O) groups is 2. The van der Waals surface area contributed by atoms with Crippen LogP contribution in [0.25, 0.3) is 0 Å². The van der Waals surface area contributed by atoms with Crippen LogP contribution in [0.2, 0.25) is 0 Å². The van der Waals surface area contributed by atoms with Crippen LogP contribution in [0.3, 0.4) is 0 Å². The number of aryl methyl sites for hydroxylation is 1. The van der Waals surface area contributed by atoms with E-state index in [0.29, 0.717) is 37.9 Å². The van der Waals surface area contributed by atoms with Gasteiger partial charge in [-0.15, -0.1) is 0 Å². The molecule has 0 spiro atoms. The molecule has 0 aliphatic carbocycles. The molecular weight excluding hydrogens is 448 g/mol. The minimum absolute atomic E-state index is 0.00127. The Hall–Kier alpha value is -2.70. The molecule has 4 atom stereocenters. The Morgan fingerprint density at radius 2 is 1.67 bits per heavy atom. The minimum atomic E-state index is -0.445. The molecule has 1 unspecified atom stereocenters. The average molecular weight is 491 g/mol. The van der Waals surface area contributed by atoms with Crippen molar-refractivity contribution >= 4 is 11.8 Å². The van der Waals surface area contributed by atoms with Crippen LogP contribution in [0.4, 0.5) is 0 Å². The monoisotopic (exact) mass is 490 g/mol. The highest BCUT2D eigenvalue weighted by molar-refractivity contribution is 5.90. The molecular formula is C30H42N4O2. The zero-order valence-corrected chi connectivity index (χ0v) is 21.8. The fourth-order valence-electron chi connectivity index (χ4n) is 5.81. The van der Waals surface area contributed by atoms with Crippen LogP contribution < -0.4 is 11.1 Å². The van der Waals surface area contributed by atoms with Crippen LogP contribution in [0.15, 0.2) is 60.7 Å². The van der Waals surface area contributed by atoms with Crippen molar-refractivity contribution in [1.82, 2.24) is 15.1 Å². The molecule has 6 heteroatoms. The second-order valence-corrected chi connectivity index (χ2v) is 10.9. The number of amides is 2. The van der Waals surface area contributed by atoms with Crippen molar-refractivity contribution in [1.29, 1.82) is 0 Å². The van der Waals surface area contributed by atoms with Crippen molar-refractivity contribution in [2.75, 3.05) is 19.6 Å². The summed E-state index contributed by atoms with van der Waals surface area (Å²) in [7, 11) is 0. The number of carbonyl (C=O) groups excluding carboxylic acids is 2. The van der Waals surface area contributed by atoms with E-state index >= 15 is 0 Å². The highest BCUT2D eigenvalue weighted by Gasteiger charge is 2.45. The topological polar surface area (TPSA) is 78.7 Å². The molecule has 0 radical (unpaired) electrons. The lowest BCUT2D eigenvalue weighted by Crippen LogP contribution is -2.54. The maximum atomic E-state index is 13.9. The molecule has 2 aliphatic heterocycles. The summed E-state index contributed by atoms with van der Waals surface area (Å²) < 4.78 is 0. The second-order valence-electron chi connectivity index (χ2n) is 10.9. The van der Waals surface area contributed by atoms with E-state index in [-0.39, 0.29) is 23.9 Å². The van der Waals surface area contributed by atoms with Gasteiger partial charge >= 0.3 is 0 Å². The predicted octanol–water partition coefficient (Wildman–Crippen LogP) is 3.40. The summed E-state index contributed by atoms with van der Waals surface area (Å²) in [4.78, 5) is 31.5. The van der Waals surface area contributed by atoms with Crippen molar-refractivity contribution in [2.45, 2.75) is 76.5 Å². The van der Waals surface area contributed by atoms with Gasteiger partial charge in [0.2, 0.25) is 11.8 Å². The van der Waals surface area contributed by atoms with Crippen LogP contribution in [0.5, 0.6) is 0 Å². The van der Waals surface area contributed by atoms with Gasteiger partial charge in [0.1, 0.15) is 6.04 Å². The van der Waals surface area contributed by atoms with E-state index in [1.807, 2.05) is 29.2 Å². The Kier molecular flexibility index (Phi) is 9.16. The fraction of sp³-hybridized carbons (Fsp3) is 0.533. The van der Waals surface area contributed by atoms with E-state index < -0.39 is 6.04 Å². The smallest absolute Gasteiger partial charge is 0.242 e. The van der Waals surface area contributed by atoms with Gasteiger partial charge in [0.05, 0.1) is 6.04 Å². The number of fused-ring (bicyclic) bond motifs is 1. The normalized spacial score (nSPS) is 23.4. The number of hydrogen-bond donors (Lipinski definition) is 2. The molecule has 2 aliphatic rings. The molecule has 2 amide bonds. The number of hydrogen-bond acceptors (Lipinski definition) is 4. The van der Waals surface area contributed by atoms with E-state index in [0.717, 1.165) is 32.2 Å². The van der Waals surface area contributed by atoms with Crippen molar-refractivity contribution in [3.05, 3.63) is 71.8 Å². The lowest BCUT2D eigenvalue weighted by Gasteiger charge is -2.33. The third-order valence-corrected chi connectivity index (χ3v) is 7.65. The first kappa shape index (κ1) is 26.4. The van der Waals surface area contributed by atoms with E-state index in [9.17, 15) is 9.59 Å². The highest BCUT2D eigenvalue weighted by atomic mass is 16.2. The molecule has 0 saturated carbocycles. The number of nitrogens with zero attached hydrogens (tertiary/aromatic N) is 2. The molecule has 36 heavy (non-hydrogen) atoms. The molecule has 2 saturated heterocycles. The Labute approximate surface area is 216 Å². The molecule has 6 nitrogen and oxygen atoms in total. The first-order valence-corrected chi connectivity index (χ1v) is 13.6. The van der Waals surface area contributed by atoms with Gasteiger partial charge in [-0.05, 0) is 55.6 Å². The maximum absolute atomic E-state index is 13.9. The fourth-order valence-corrected chi connectivity index (χ4v) is 5.81. The van der Waals surface area contributed by atoms with Gasteiger partial charge < -0.3 is 16.0 Å². The third kappa shape index (κ3) is 6.74. The van der Waals surface area contributed by atoms with Gasteiger partial charge in [-0.25, -0.2) is 0 Å². The molecule has 2 heterocycles. The zero-order valence-electron chi connectivity index (χ0n) is 21.8. The second kappa shape index (κ2) is 12.5. The SMILES string of the molecule is CC(C)C[C@H](C(=O)NCCc1ccccc1)N1CCC(CCc2ccccc2)N2C[C@H](N)C[C@H]2C1=O. The van der Waals surface area contributed by atoms with E-state index in [1.54, 1.807) is 0 Å². The van der Waals surface area contributed by atoms with Gasteiger partial charge in [0.25, 0.3) is 0 Å². The van der Waals surface area contributed by atoms with Crippen LogP contribution in [-0.2, 0) is 22.4 Å². The lowest BCUT2D eigenvalue weighted by atomic mass is 9.99. The van der Waals surface area contributed by atoms with Crippen molar-refractivity contribution in [2.24, 2.45) is 11.7 Å². The molecule has 0 bridgehead atoms. The first-order chi connectivity index (χ1) is 17.4. The Morgan fingerprint density at radius 3 is 2.31 bits per heavy atom. The maximum Gasteiger partial charge on any atom is 0.242 e. The van der Waals surface area contributed by atoms with Crippen LogP contribution in [0, 0.1) is 5.92 Å². The summed E-state index contributed by atoms with van der Waals surface area (Å²) in [5, 5.41) is 3.13.